The lowest BCUT2D eigenvalue weighted by Crippen LogP contribution is -2.50. The van der Waals surface area contributed by atoms with Crippen molar-refractivity contribution in [3.05, 3.63) is 52.6 Å². The molecule has 0 bridgehead atoms. The average molecular weight is 370 g/mol. The predicted octanol–water partition coefficient (Wildman–Crippen LogP) is 3.40. The number of benzene rings is 1. The van der Waals surface area contributed by atoms with Gasteiger partial charge in [0.1, 0.15) is 25.2 Å². The Balaban J connectivity index is 2.32. The molecule has 0 saturated heterocycles. The molecule has 0 spiro atoms. The molecule has 1 heterocycles. The van der Waals surface area contributed by atoms with Crippen LogP contribution in [0.4, 0.5) is 26.3 Å². The van der Waals surface area contributed by atoms with E-state index in [4.69, 9.17) is 13.1 Å². The highest BCUT2D eigenvalue weighted by molar-refractivity contribution is 6.16. The Morgan fingerprint density at radius 3 is 2.50 bits per heavy atom. The van der Waals surface area contributed by atoms with Gasteiger partial charge >= 0.3 is 6.18 Å². The third kappa shape index (κ3) is 2.58. The lowest BCUT2D eigenvalue weighted by Gasteiger charge is -2.39. The summed E-state index contributed by atoms with van der Waals surface area (Å²) in [5, 5.41) is 18.9. The first kappa shape index (κ1) is 18.4. The van der Waals surface area contributed by atoms with Crippen molar-refractivity contribution < 1.29 is 31.4 Å². The van der Waals surface area contributed by atoms with Crippen LogP contribution in [0.5, 0.6) is 0 Å². The summed E-state index contributed by atoms with van der Waals surface area (Å²) in [6.07, 6.45) is -6.02. The molecule has 3 rings (SSSR count). The molecular formula is C16H9BF6N2O. The van der Waals surface area contributed by atoms with Crippen molar-refractivity contribution in [2.45, 2.75) is 30.4 Å². The SMILES string of the molecule is [B][C@]1(O)c2c(C(F)(F)F)cn(-c3ccc(F)c(C#N)c3)c2CCC1(F)F. The summed E-state index contributed by atoms with van der Waals surface area (Å²) in [6.45, 7) is 0. The van der Waals surface area contributed by atoms with Crippen LogP contribution < -0.4 is 0 Å². The molecule has 26 heavy (non-hydrogen) atoms. The highest BCUT2D eigenvalue weighted by Gasteiger charge is 2.57. The highest BCUT2D eigenvalue weighted by atomic mass is 19.4. The molecule has 1 N–H and O–H groups in total. The lowest BCUT2D eigenvalue weighted by molar-refractivity contribution is -0.161. The number of halogens is 6. The van der Waals surface area contributed by atoms with E-state index in [0.29, 0.717) is 6.20 Å². The van der Waals surface area contributed by atoms with Crippen LogP contribution in [-0.2, 0) is 18.1 Å². The Labute approximate surface area is 144 Å². The lowest BCUT2D eigenvalue weighted by atomic mass is 9.65. The molecule has 0 unspecified atom stereocenters. The second-order valence-electron chi connectivity index (χ2n) is 5.98. The van der Waals surface area contributed by atoms with Gasteiger partial charge in [-0.25, -0.2) is 13.2 Å². The van der Waals surface area contributed by atoms with Crippen molar-refractivity contribution in [3.63, 3.8) is 0 Å². The number of fused-ring (bicyclic) bond motifs is 1. The molecule has 0 saturated carbocycles. The number of hydrogen-bond donors (Lipinski definition) is 1. The van der Waals surface area contributed by atoms with Gasteiger partial charge in [0.15, 0.2) is 0 Å². The summed E-state index contributed by atoms with van der Waals surface area (Å²) in [4.78, 5) is 0. The van der Waals surface area contributed by atoms with Gasteiger partial charge in [0, 0.05) is 29.6 Å². The van der Waals surface area contributed by atoms with E-state index in [1.54, 1.807) is 6.07 Å². The maximum absolute atomic E-state index is 14.0. The Morgan fingerprint density at radius 2 is 1.92 bits per heavy atom. The Hall–Kier alpha value is -2.41. The number of aliphatic hydroxyl groups is 1. The standard InChI is InChI=1S/C16H9BF6N2O/c17-15(26)13-10(16(21,22)23)7-25(12(13)3-4-14(15,19)20)9-1-2-11(18)8(5-9)6-24/h1-2,5,7,26H,3-4H2/t15-/m0/s1. The van der Waals surface area contributed by atoms with E-state index in [1.807, 2.05) is 0 Å². The van der Waals surface area contributed by atoms with Gasteiger partial charge in [0.05, 0.1) is 11.1 Å². The van der Waals surface area contributed by atoms with Crippen molar-refractivity contribution in [1.29, 1.82) is 5.26 Å². The molecule has 10 heteroatoms. The van der Waals surface area contributed by atoms with Crippen LogP contribution in [-0.4, -0.2) is 23.4 Å². The van der Waals surface area contributed by atoms with Crippen molar-refractivity contribution in [2.24, 2.45) is 0 Å². The first-order chi connectivity index (χ1) is 11.9. The first-order valence-corrected chi connectivity index (χ1v) is 7.31. The van der Waals surface area contributed by atoms with Gasteiger partial charge in [0.2, 0.25) is 0 Å². The molecule has 0 amide bonds. The molecule has 0 aliphatic heterocycles. The Kier molecular flexibility index (Phi) is 3.92. The zero-order chi connectivity index (χ0) is 19.5. The number of hydrogen-bond acceptors (Lipinski definition) is 2. The van der Waals surface area contributed by atoms with E-state index in [2.05, 4.69) is 0 Å². The Morgan fingerprint density at radius 1 is 1.27 bits per heavy atom. The van der Waals surface area contributed by atoms with Crippen LogP contribution >= 0.6 is 0 Å². The van der Waals surface area contributed by atoms with E-state index < -0.39 is 52.9 Å². The summed E-state index contributed by atoms with van der Waals surface area (Å²) in [5.41, 5.74) is -6.90. The van der Waals surface area contributed by atoms with Crippen LogP contribution in [0.1, 0.15) is 28.8 Å². The minimum Gasteiger partial charge on any atom is -0.389 e. The smallest absolute Gasteiger partial charge is 0.389 e. The van der Waals surface area contributed by atoms with E-state index >= 15 is 0 Å². The fraction of sp³-hybridized carbons (Fsp3) is 0.312. The van der Waals surface area contributed by atoms with Crippen molar-refractivity contribution in [2.75, 3.05) is 0 Å². The third-order valence-corrected chi connectivity index (χ3v) is 4.38. The maximum atomic E-state index is 14.0. The molecule has 1 aliphatic rings. The fourth-order valence-corrected chi connectivity index (χ4v) is 3.06. The molecule has 1 aromatic carbocycles. The molecule has 2 aromatic rings. The predicted molar refractivity (Wildman–Crippen MR) is 78.4 cm³/mol. The molecule has 1 aromatic heterocycles. The summed E-state index contributed by atoms with van der Waals surface area (Å²) in [6, 6.07) is 4.50. The molecule has 0 fully saturated rings. The monoisotopic (exact) mass is 370 g/mol. The zero-order valence-corrected chi connectivity index (χ0v) is 12.9. The minimum atomic E-state index is -5.06. The van der Waals surface area contributed by atoms with Crippen molar-refractivity contribution in [1.82, 2.24) is 4.57 Å². The van der Waals surface area contributed by atoms with E-state index in [0.717, 1.165) is 22.8 Å². The number of nitriles is 1. The second-order valence-corrected chi connectivity index (χ2v) is 5.98. The Bertz CT molecular complexity index is 926. The van der Waals surface area contributed by atoms with E-state index in [9.17, 15) is 31.4 Å². The van der Waals surface area contributed by atoms with Gasteiger partial charge < -0.3 is 9.67 Å². The van der Waals surface area contributed by atoms with Crippen molar-refractivity contribution >= 4 is 7.85 Å². The van der Waals surface area contributed by atoms with Gasteiger partial charge in [-0.15, -0.1) is 0 Å². The molecule has 134 valence electrons. The average Bonchev–Trinajstić information content (AvgIpc) is 2.93. The molecule has 3 nitrogen and oxygen atoms in total. The largest absolute Gasteiger partial charge is 0.418 e. The van der Waals surface area contributed by atoms with Crippen LogP contribution in [0, 0.1) is 17.1 Å². The number of aromatic nitrogens is 1. The van der Waals surface area contributed by atoms with Gasteiger partial charge in [-0.3, -0.25) is 0 Å². The molecule has 1 aliphatic carbocycles. The van der Waals surface area contributed by atoms with Crippen LogP contribution in [0.15, 0.2) is 24.4 Å². The number of nitrogens with zero attached hydrogens (tertiary/aromatic N) is 2. The van der Waals surface area contributed by atoms with Gasteiger partial charge in [-0.05, 0) is 24.6 Å². The maximum Gasteiger partial charge on any atom is 0.418 e. The van der Waals surface area contributed by atoms with Crippen LogP contribution in [0.2, 0.25) is 0 Å². The minimum absolute atomic E-state index is 0.0456. The molecule has 2 radical (unpaired) electrons. The number of alkyl halides is 5. The second kappa shape index (κ2) is 5.54. The summed E-state index contributed by atoms with van der Waals surface area (Å²) < 4.78 is 82.4. The third-order valence-electron chi connectivity index (χ3n) is 4.38. The highest BCUT2D eigenvalue weighted by Crippen LogP contribution is 2.50. The van der Waals surface area contributed by atoms with E-state index in [-0.39, 0.29) is 11.4 Å². The van der Waals surface area contributed by atoms with Crippen LogP contribution in [0.3, 0.4) is 0 Å². The molecular weight excluding hydrogens is 361 g/mol. The zero-order valence-electron chi connectivity index (χ0n) is 12.9. The van der Waals surface area contributed by atoms with Gasteiger partial charge in [0.25, 0.3) is 5.92 Å². The van der Waals surface area contributed by atoms with Gasteiger partial charge in [-0.2, -0.15) is 18.4 Å². The summed E-state index contributed by atoms with van der Waals surface area (Å²) in [7, 11) is 5.22. The fourth-order valence-electron chi connectivity index (χ4n) is 3.06. The number of rotatable bonds is 1. The first-order valence-electron chi connectivity index (χ1n) is 7.31. The quantitative estimate of drug-likeness (QED) is 0.618. The van der Waals surface area contributed by atoms with E-state index in [1.165, 1.54) is 0 Å². The molecule has 1 atom stereocenters. The van der Waals surface area contributed by atoms with Gasteiger partial charge in [-0.1, -0.05) is 0 Å². The summed E-state index contributed by atoms with van der Waals surface area (Å²) in [5.74, 6) is -4.84. The van der Waals surface area contributed by atoms with Crippen LogP contribution in [0.25, 0.3) is 5.69 Å². The van der Waals surface area contributed by atoms with Crippen molar-refractivity contribution in [3.8, 4) is 11.8 Å². The normalized spacial score (nSPS) is 21.9. The summed E-state index contributed by atoms with van der Waals surface area (Å²) >= 11 is 0. The topological polar surface area (TPSA) is 49.0 Å².